The Morgan fingerprint density at radius 3 is 2.95 bits per heavy atom. The third-order valence-corrected chi connectivity index (χ3v) is 3.45. The number of benzene rings is 1. The molecule has 2 rings (SSSR count). The predicted molar refractivity (Wildman–Crippen MR) is 70.0 cm³/mol. The third-order valence-electron chi connectivity index (χ3n) is 3.45. The zero-order valence-corrected chi connectivity index (χ0v) is 10.9. The van der Waals surface area contributed by atoms with Crippen LogP contribution in [0.5, 0.6) is 0 Å². The summed E-state index contributed by atoms with van der Waals surface area (Å²) in [7, 11) is 1.67. The molecule has 1 aromatic carbocycles. The van der Waals surface area contributed by atoms with E-state index in [4.69, 9.17) is 9.47 Å². The molecule has 0 saturated carbocycles. The van der Waals surface area contributed by atoms with Crippen molar-refractivity contribution >= 4 is 5.69 Å². The van der Waals surface area contributed by atoms with E-state index in [1.54, 1.807) is 25.3 Å². The fraction of sp³-hybridized carbons (Fsp3) is 0.538. The Hall–Kier alpha value is -1.50. The van der Waals surface area contributed by atoms with E-state index in [1.807, 2.05) is 0 Å². The highest BCUT2D eigenvalue weighted by atomic mass is 16.6. The van der Waals surface area contributed by atoms with Gasteiger partial charge in [-0.15, -0.1) is 0 Å². The van der Waals surface area contributed by atoms with Crippen LogP contribution in [-0.2, 0) is 16.0 Å². The molecule has 1 atom stereocenters. The van der Waals surface area contributed by atoms with Gasteiger partial charge in [-0.05, 0) is 0 Å². The van der Waals surface area contributed by atoms with E-state index in [2.05, 4.69) is 5.32 Å². The van der Waals surface area contributed by atoms with Crippen molar-refractivity contribution < 1.29 is 14.4 Å². The van der Waals surface area contributed by atoms with Crippen LogP contribution in [-0.4, -0.2) is 37.4 Å². The van der Waals surface area contributed by atoms with Crippen molar-refractivity contribution in [2.75, 3.05) is 26.9 Å². The fourth-order valence-electron chi connectivity index (χ4n) is 2.22. The summed E-state index contributed by atoms with van der Waals surface area (Å²) in [5, 5.41) is 14.1. The fourth-order valence-corrected chi connectivity index (χ4v) is 2.22. The smallest absolute Gasteiger partial charge is 0.273 e. The number of hydrogen-bond donors (Lipinski definition) is 1. The molecule has 104 valence electrons. The van der Waals surface area contributed by atoms with Crippen LogP contribution in [0.15, 0.2) is 24.3 Å². The number of para-hydroxylation sites is 1. The molecule has 0 aromatic heterocycles. The van der Waals surface area contributed by atoms with Crippen LogP contribution in [0.25, 0.3) is 0 Å². The van der Waals surface area contributed by atoms with Gasteiger partial charge in [0, 0.05) is 44.9 Å². The van der Waals surface area contributed by atoms with Crippen LogP contribution < -0.4 is 5.32 Å². The number of rotatable bonds is 6. The summed E-state index contributed by atoms with van der Waals surface area (Å²) in [6.07, 6.45) is 0.841. The van der Waals surface area contributed by atoms with E-state index < -0.39 is 0 Å². The minimum atomic E-state index is -0.359. The lowest BCUT2D eigenvalue weighted by molar-refractivity contribution is -0.385. The van der Waals surface area contributed by atoms with Gasteiger partial charge in [0.15, 0.2) is 0 Å². The van der Waals surface area contributed by atoms with Crippen LogP contribution in [0.4, 0.5) is 5.69 Å². The summed E-state index contributed by atoms with van der Waals surface area (Å²) in [6, 6.07) is 6.75. The van der Waals surface area contributed by atoms with Crippen LogP contribution in [0.1, 0.15) is 12.0 Å². The molecule has 0 aliphatic carbocycles. The Morgan fingerprint density at radius 1 is 1.53 bits per heavy atom. The highest BCUT2D eigenvalue weighted by Crippen LogP contribution is 2.22. The molecular weight excluding hydrogens is 248 g/mol. The lowest BCUT2D eigenvalue weighted by Crippen LogP contribution is -2.42. The quantitative estimate of drug-likeness (QED) is 0.623. The second-order valence-electron chi connectivity index (χ2n) is 4.68. The summed E-state index contributed by atoms with van der Waals surface area (Å²) in [5.74, 6) is 0. The SMILES string of the molecule is COC1(CNCc2ccccc2[N+](=O)[O-])CCOC1. The third kappa shape index (κ3) is 3.28. The lowest BCUT2D eigenvalue weighted by atomic mass is 10.0. The Balaban J connectivity index is 1.94. The largest absolute Gasteiger partial charge is 0.378 e. The number of nitro groups is 1. The standard InChI is InChI=1S/C13H18N2O4/c1-18-13(6-7-19-10-13)9-14-8-11-4-2-3-5-12(11)15(16)17/h2-5,14H,6-10H2,1H3. The molecule has 1 aromatic rings. The van der Waals surface area contributed by atoms with Gasteiger partial charge in [-0.2, -0.15) is 0 Å². The first-order valence-corrected chi connectivity index (χ1v) is 6.23. The van der Waals surface area contributed by atoms with Gasteiger partial charge >= 0.3 is 0 Å². The monoisotopic (exact) mass is 266 g/mol. The number of hydrogen-bond acceptors (Lipinski definition) is 5. The summed E-state index contributed by atoms with van der Waals surface area (Å²) >= 11 is 0. The minimum absolute atomic E-state index is 0.143. The van der Waals surface area contributed by atoms with Crippen molar-refractivity contribution in [3.63, 3.8) is 0 Å². The molecule has 1 N–H and O–H groups in total. The van der Waals surface area contributed by atoms with Gasteiger partial charge in [0.2, 0.25) is 0 Å². The number of nitrogens with one attached hydrogen (secondary N) is 1. The van der Waals surface area contributed by atoms with E-state index >= 15 is 0 Å². The first-order chi connectivity index (χ1) is 9.17. The predicted octanol–water partition coefficient (Wildman–Crippen LogP) is 1.49. The number of nitrogens with zero attached hydrogens (tertiary/aromatic N) is 1. The van der Waals surface area contributed by atoms with Crippen LogP contribution in [0.2, 0.25) is 0 Å². The molecule has 0 amide bonds. The maximum atomic E-state index is 10.9. The molecular formula is C13H18N2O4. The van der Waals surface area contributed by atoms with Gasteiger partial charge in [-0.1, -0.05) is 18.2 Å². The van der Waals surface area contributed by atoms with Gasteiger partial charge < -0.3 is 14.8 Å². The number of methoxy groups -OCH3 is 1. The maximum absolute atomic E-state index is 10.9. The average Bonchev–Trinajstić information content (AvgIpc) is 2.88. The highest BCUT2D eigenvalue weighted by Gasteiger charge is 2.34. The van der Waals surface area contributed by atoms with E-state index in [1.165, 1.54) is 6.07 Å². The van der Waals surface area contributed by atoms with Crippen molar-refractivity contribution in [3.8, 4) is 0 Å². The molecule has 0 radical (unpaired) electrons. The maximum Gasteiger partial charge on any atom is 0.273 e. The summed E-state index contributed by atoms with van der Waals surface area (Å²) < 4.78 is 10.8. The molecule has 1 unspecified atom stereocenters. The van der Waals surface area contributed by atoms with Crippen LogP contribution in [0, 0.1) is 10.1 Å². The van der Waals surface area contributed by atoms with Crippen molar-refractivity contribution in [1.82, 2.24) is 5.32 Å². The Bertz CT molecular complexity index is 444. The summed E-state index contributed by atoms with van der Waals surface area (Å²) in [6.45, 7) is 2.33. The molecule has 1 fully saturated rings. The molecule has 19 heavy (non-hydrogen) atoms. The zero-order valence-electron chi connectivity index (χ0n) is 10.9. The second kappa shape index (κ2) is 6.10. The van der Waals surface area contributed by atoms with Gasteiger partial charge in [0.05, 0.1) is 11.5 Å². The Labute approximate surface area is 111 Å². The topological polar surface area (TPSA) is 73.6 Å². The minimum Gasteiger partial charge on any atom is -0.378 e. The molecule has 1 aliphatic heterocycles. The molecule has 6 heteroatoms. The van der Waals surface area contributed by atoms with Crippen molar-refractivity contribution in [1.29, 1.82) is 0 Å². The number of ether oxygens (including phenoxy) is 2. The Morgan fingerprint density at radius 2 is 2.32 bits per heavy atom. The van der Waals surface area contributed by atoms with Gasteiger partial charge in [-0.25, -0.2) is 0 Å². The van der Waals surface area contributed by atoms with E-state index in [0.717, 1.165) is 6.42 Å². The van der Waals surface area contributed by atoms with Crippen molar-refractivity contribution in [3.05, 3.63) is 39.9 Å². The second-order valence-corrected chi connectivity index (χ2v) is 4.68. The molecule has 0 bridgehead atoms. The van der Waals surface area contributed by atoms with Crippen molar-refractivity contribution in [2.45, 2.75) is 18.6 Å². The zero-order chi connectivity index (χ0) is 13.7. The van der Waals surface area contributed by atoms with Crippen LogP contribution >= 0.6 is 0 Å². The first kappa shape index (κ1) is 13.9. The molecule has 6 nitrogen and oxygen atoms in total. The molecule has 1 saturated heterocycles. The lowest BCUT2D eigenvalue weighted by Gasteiger charge is -2.26. The molecule has 1 aliphatic rings. The average molecular weight is 266 g/mol. The van der Waals surface area contributed by atoms with E-state index in [0.29, 0.717) is 31.9 Å². The normalized spacial score (nSPS) is 22.6. The van der Waals surface area contributed by atoms with Crippen molar-refractivity contribution in [2.24, 2.45) is 0 Å². The molecule has 0 spiro atoms. The number of nitro benzene ring substituents is 1. The van der Waals surface area contributed by atoms with Gasteiger partial charge in [0.25, 0.3) is 5.69 Å². The van der Waals surface area contributed by atoms with E-state index in [-0.39, 0.29) is 16.2 Å². The Kier molecular flexibility index (Phi) is 4.47. The van der Waals surface area contributed by atoms with Crippen LogP contribution in [0.3, 0.4) is 0 Å². The summed E-state index contributed by atoms with van der Waals surface area (Å²) in [5.41, 5.74) is 0.519. The van der Waals surface area contributed by atoms with Gasteiger partial charge in [0.1, 0.15) is 5.60 Å². The van der Waals surface area contributed by atoms with E-state index in [9.17, 15) is 10.1 Å². The summed E-state index contributed by atoms with van der Waals surface area (Å²) in [4.78, 5) is 10.5. The van der Waals surface area contributed by atoms with Gasteiger partial charge in [-0.3, -0.25) is 10.1 Å². The highest BCUT2D eigenvalue weighted by molar-refractivity contribution is 5.39. The molecule has 1 heterocycles. The first-order valence-electron chi connectivity index (χ1n) is 6.23.